The number of aromatic nitrogens is 1. The number of carbonyl (C=O) groups is 1. The van der Waals surface area contributed by atoms with Gasteiger partial charge < -0.3 is 5.32 Å². The third kappa shape index (κ3) is 4.73. The van der Waals surface area contributed by atoms with E-state index in [9.17, 15) is 18.0 Å². The predicted octanol–water partition coefficient (Wildman–Crippen LogP) is 3.27. The summed E-state index contributed by atoms with van der Waals surface area (Å²) in [4.78, 5) is 14.9. The highest BCUT2D eigenvalue weighted by Crippen LogP contribution is 2.24. The van der Waals surface area contributed by atoms with Crippen LogP contribution in [0.1, 0.15) is 32.8 Å². The van der Waals surface area contributed by atoms with Crippen LogP contribution in [0.2, 0.25) is 0 Å². The maximum Gasteiger partial charge on any atom is 0.397 e. The van der Waals surface area contributed by atoms with Crippen molar-refractivity contribution in [3.63, 3.8) is 0 Å². The molecule has 1 heterocycles. The molecule has 0 atom stereocenters. The maximum atomic E-state index is 12.0. The van der Waals surface area contributed by atoms with Gasteiger partial charge in [-0.15, -0.1) is 0 Å². The number of alkyl halides is 3. The minimum Gasteiger partial charge on any atom is -0.310 e. The van der Waals surface area contributed by atoms with Gasteiger partial charge in [-0.05, 0) is 23.1 Å². The zero-order valence-corrected chi connectivity index (χ0v) is 10.4. The first kappa shape index (κ1) is 14.5. The second-order valence-corrected chi connectivity index (χ2v) is 5.02. The van der Waals surface area contributed by atoms with E-state index < -0.39 is 18.5 Å². The van der Waals surface area contributed by atoms with Crippen molar-refractivity contribution in [3.05, 3.63) is 23.9 Å². The molecule has 0 fully saturated rings. The monoisotopic (exact) mass is 260 g/mol. The van der Waals surface area contributed by atoms with Crippen molar-refractivity contribution in [2.45, 2.75) is 38.8 Å². The van der Waals surface area contributed by atoms with Gasteiger partial charge in [0.15, 0.2) is 0 Å². The number of amides is 1. The first-order valence-corrected chi connectivity index (χ1v) is 5.41. The number of nitrogens with one attached hydrogen (secondary N) is 1. The average molecular weight is 260 g/mol. The van der Waals surface area contributed by atoms with Crippen LogP contribution in [0.4, 0.5) is 19.0 Å². The normalized spacial score (nSPS) is 12.3. The minimum absolute atomic E-state index is 0.136. The number of halogens is 3. The Bertz CT molecular complexity index is 436. The highest BCUT2D eigenvalue weighted by molar-refractivity contribution is 5.90. The molecule has 18 heavy (non-hydrogen) atoms. The number of nitrogens with zero attached hydrogens (tertiary/aromatic N) is 1. The van der Waals surface area contributed by atoms with Gasteiger partial charge >= 0.3 is 6.18 Å². The number of pyridine rings is 1. The summed E-state index contributed by atoms with van der Waals surface area (Å²) >= 11 is 0. The molecule has 6 heteroatoms. The van der Waals surface area contributed by atoms with E-state index in [0.29, 0.717) is 0 Å². The second kappa shape index (κ2) is 4.96. The number of hydrogen-bond donors (Lipinski definition) is 1. The van der Waals surface area contributed by atoms with Gasteiger partial charge in [0.2, 0.25) is 5.91 Å². The van der Waals surface area contributed by atoms with Crippen molar-refractivity contribution in [1.29, 1.82) is 0 Å². The van der Waals surface area contributed by atoms with Crippen LogP contribution in [0.5, 0.6) is 0 Å². The van der Waals surface area contributed by atoms with Crippen LogP contribution in [0.25, 0.3) is 0 Å². The van der Waals surface area contributed by atoms with E-state index in [2.05, 4.69) is 10.3 Å². The lowest BCUT2D eigenvalue weighted by molar-refractivity contribution is -0.150. The summed E-state index contributed by atoms with van der Waals surface area (Å²) in [5.41, 5.74) is 0.728. The van der Waals surface area contributed by atoms with Gasteiger partial charge in [-0.3, -0.25) is 4.79 Å². The van der Waals surface area contributed by atoms with Crippen LogP contribution in [0.15, 0.2) is 18.3 Å². The molecule has 0 saturated carbocycles. The Balaban J connectivity index is 2.77. The molecule has 0 aliphatic heterocycles. The SMILES string of the molecule is CC(C)(C)c1ccnc(NC(=O)CC(F)(F)F)c1. The van der Waals surface area contributed by atoms with E-state index in [-0.39, 0.29) is 11.2 Å². The van der Waals surface area contributed by atoms with E-state index >= 15 is 0 Å². The molecule has 0 radical (unpaired) electrons. The summed E-state index contributed by atoms with van der Waals surface area (Å²) in [6.07, 6.45) is -4.55. The molecule has 1 rings (SSSR count). The molecule has 0 saturated heterocycles. The third-order valence-electron chi connectivity index (χ3n) is 2.25. The van der Waals surface area contributed by atoms with Crippen molar-refractivity contribution in [1.82, 2.24) is 4.98 Å². The summed E-state index contributed by atoms with van der Waals surface area (Å²) in [5, 5.41) is 2.14. The Labute approximate surface area is 103 Å². The lowest BCUT2D eigenvalue weighted by Gasteiger charge is -2.19. The molecule has 0 aromatic carbocycles. The fraction of sp³-hybridized carbons (Fsp3) is 0.500. The van der Waals surface area contributed by atoms with E-state index in [1.807, 2.05) is 20.8 Å². The van der Waals surface area contributed by atoms with Gasteiger partial charge in [0.25, 0.3) is 0 Å². The number of anilines is 1. The van der Waals surface area contributed by atoms with Gasteiger partial charge in [0.1, 0.15) is 12.2 Å². The largest absolute Gasteiger partial charge is 0.397 e. The van der Waals surface area contributed by atoms with Gasteiger partial charge in [-0.25, -0.2) is 4.98 Å². The fourth-order valence-electron chi connectivity index (χ4n) is 1.33. The van der Waals surface area contributed by atoms with Gasteiger partial charge in [0.05, 0.1) is 0 Å². The minimum atomic E-state index is -4.51. The van der Waals surface area contributed by atoms with Crippen LogP contribution in [-0.2, 0) is 10.2 Å². The first-order valence-electron chi connectivity index (χ1n) is 5.41. The molecule has 0 bridgehead atoms. The Hall–Kier alpha value is -1.59. The first-order chi connectivity index (χ1) is 8.08. The van der Waals surface area contributed by atoms with Crippen LogP contribution < -0.4 is 5.32 Å². The molecule has 100 valence electrons. The van der Waals surface area contributed by atoms with Crippen LogP contribution in [-0.4, -0.2) is 17.1 Å². The van der Waals surface area contributed by atoms with E-state index in [0.717, 1.165) is 5.56 Å². The van der Waals surface area contributed by atoms with E-state index in [1.54, 1.807) is 12.1 Å². The Morgan fingerprint density at radius 2 is 1.94 bits per heavy atom. The zero-order chi connectivity index (χ0) is 14.0. The second-order valence-electron chi connectivity index (χ2n) is 5.02. The Morgan fingerprint density at radius 3 is 2.44 bits per heavy atom. The third-order valence-corrected chi connectivity index (χ3v) is 2.25. The summed E-state index contributed by atoms with van der Waals surface area (Å²) in [6, 6.07) is 3.34. The molecule has 0 aliphatic carbocycles. The molecule has 1 amide bonds. The summed E-state index contributed by atoms with van der Waals surface area (Å²) < 4.78 is 36.0. The summed E-state index contributed by atoms with van der Waals surface area (Å²) in [7, 11) is 0. The van der Waals surface area contributed by atoms with Crippen molar-refractivity contribution < 1.29 is 18.0 Å². The smallest absolute Gasteiger partial charge is 0.310 e. The molecule has 0 aliphatic rings. The number of carbonyl (C=O) groups excluding carboxylic acids is 1. The van der Waals surface area contributed by atoms with Gasteiger partial charge in [-0.2, -0.15) is 13.2 Å². The predicted molar refractivity (Wildman–Crippen MR) is 62.2 cm³/mol. The highest BCUT2D eigenvalue weighted by atomic mass is 19.4. The fourth-order valence-corrected chi connectivity index (χ4v) is 1.33. The Kier molecular flexibility index (Phi) is 3.98. The van der Waals surface area contributed by atoms with Crippen molar-refractivity contribution >= 4 is 11.7 Å². The van der Waals surface area contributed by atoms with Crippen LogP contribution in [0.3, 0.4) is 0 Å². The molecule has 1 N–H and O–H groups in total. The zero-order valence-electron chi connectivity index (χ0n) is 10.4. The van der Waals surface area contributed by atoms with Gasteiger partial charge in [0, 0.05) is 6.20 Å². The lowest BCUT2D eigenvalue weighted by Crippen LogP contribution is -2.22. The summed E-state index contributed by atoms with van der Waals surface area (Å²) in [5.74, 6) is -0.974. The number of rotatable bonds is 2. The van der Waals surface area contributed by atoms with Crippen molar-refractivity contribution in [2.24, 2.45) is 0 Å². The van der Waals surface area contributed by atoms with Crippen LogP contribution in [0, 0.1) is 0 Å². The topological polar surface area (TPSA) is 42.0 Å². The molecule has 3 nitrogen and oxygen atoms in total. The van der Waals surface area contributed by atoms with Gasteiger partial charge in [-0.1, -0.05) is 20.8 Å². The van der Waals surface area contributed by atoms with Crippen LogP contribution >= 0.6 is 0 Å². The number of hydrogen-bond acceptors (Lipinski definition) is 2. The highest BCUT2D eigenvalue weighted by Gasteiger charge is 2.31. The molecular formula is C12H15F3N2O. The average Bonchev–Trinajstić information content (AvgIpc) is 2.13. The van der Waals surface area contributed by atoms with Crippen molar-refractivity contribution in [2.75, 3.05) is 5.32 Å². The lowest BCUT2D eigenvalue weighted by atomic mass is 9.88. The summed E-state index contributed by atoms with van der Waals surface area (Å²) in [6.45, 7) is 5.89. The molecule has 1 aromatic heterocycles. The molecule has 0 spiro atoms. The molecule has 1 aromatic rings. The maximum absolute atomic E-state index is 12.0. The quantitative estimate of drug-likeness (QED) is 0.886. The standard InChI is InChI=1S/C12H15F3N2O/c1-11(2,3)8-4-5-16-9(6-8)17-10(18)7-12(13,14)15/h4-6H,7H2,1-3H3,(H,16,17,18). The molecule has 0 unspecified atom stereocenters. The van der Waals surface area contributed by atoms with E-state index in [1.165, 1.54) is 6.20 Å². The Morgan fingerprint density at radius 1 is 1.33 bits per heavy atom. The van der Waals surface area contributed by atoms with Crippen molar-refractivity contribution in [3.8, 4) is 0 Å². The molecular weight excluding hydrogens is 245 g/mol. The van der Waals surface area contributed by atoms with E-state index in [4.69, 9.17) is 0 Å².